The van der Waals surface area contributed by atoms with Gasteiger partial charge in [0.25, 0.3) is 0 Å². The molecule has 0 saturated carbocycles. The Labute approximate surface area is 102 Å². The molecule has 1 saturated heterocycles. The summed E-state index contributed by atoms with van der Waals surface area (Å²) in [5.74, 6) is -0.421. The van der Waals surface area contributed by atoms with Gasteiger partial charge in [0.1, 0.15) is 0 Å². The van der Waals surface area contributed by atoms with E-state index in [2.05, 4.69) is 29.2 Å². The Hall–Kier alpha value is -1.10. The summed E-state index contributed by atoms with van der Waals surface area (Å²) in [6.45, 7) is 2.24. The van der Waals surface area contributed by atoms with Gasteiger partial charge in [0, 0.05) is 19.9 Å². The van der Waals surface area contributed by atoms with Crippen LogP contribution in [0.2, 0.25) is 0 Å². The highest BCUT2D eigenvalue weighted by Gasteiger charge is 2.43. The van der Waals surface area contributed by atoms with Crippen molar-refractivity contribution in [3.05, 3.63) is 29.8 Å². The fraction of sp³-hybridized carbons (Fsp3) is 0.538. The largest absolute Gasteiger partial charge is 0.361 e. The van der Waals surface area contributed by atoms with Crippen molar-refractivity contribution in [2.45, 2.75) is 12.2 Å². The SMILES string of the molecule is COC1(OC)CN(c2ccc(CCN)cc2)C1. The van der Waals surface area contributed by atoms with Crippen LogP contribution in [0.25, 0.3) is 0 Å². The summed E-state index contributed by atoms with van der Waals surface area (Å²) in [4.78, 5) is 2.24. The maximum absolute atomic E-state index is 5.52. The Bertz CT molecular complexity index is 352. The molecule has 0 atom stereocenters. The molecule has 0 aliphatic carbocycles. The van der Waals surface area contributed by atoms with Crippen molar-refractivity contribution in [3.63, 3.8) is 0 Å². The first-order chi connectivity index (χ1) is 8.23. The van der Waals surface area contributed by atoms with Crippen LogP contribution in [-0.2, 0) is 15.9 Å². The van der Waals surface area contributed by atoms with Crippen LogP contribution in [0.15, 0.2) is 24.3 Å². The normalized spacial score (nSPS) is 17.9. The molecule has 1 aromatic rings. The molecular weight excluding hydrogens is 216 g/mol. The molecule has 1 fully saturated rings. The predicted molar refractivity (Wildman–Crippen MR) is 68.2 cm³/mol. The van der Waals surface area contributed by atoms with Gasteiger partial charge >= 0.3 is 0 Å². The number of anilines is 1. The van der Waals surface area contributed by atoms with Gasteiger partial charge in [-0.2, -0.15) is 0 Å². The lowest BCUT2D eigenvalue weighted by molar-refractivity contribution is -0.219. The van der Waals surface area contributed by atoms with Crippen LogP contribution in [0.1, 0.15) is 5.56 Å². The van der Waals surface area contributed by atoms with E-state index in [4.69, 9.17) is 15.2 Å². The molecule has 0 unspecified atom stereocenters. The zero-order chi connectivity index (χ0) is 12.3. The van der Waals surface area contributed by atoms with E-state index in [1.165, 1.54) is 11.3 Å². The Kier molecular flexibility index (Phi) is 3.66. The molecule has 0 bridgehead atoms. The average Bonchev–Trinajstić information content (AvgIpc) is 2.31. The van der Waals surface area contributed by atoms with Gasteiger partial charge < -0.3 is 20.1 Å². The number of methoxy groups -OCH3 is 2. The minimum Gasteiger partial charge on any atom is -0.361 e. The first kappa shape index (κ1) is 12.4. The smallest absolute Gasteiger partial charge is 0.203 e. The molecule has 2 N–H and O–H groups in total. The number of ether oxygens (including phenoxy) is 2. The molecule has 4 heteroatoms. The quantitative estimate of drug-likeness (QED) is 0.775. The molecule has 0 spiro atoms. The molecule has 4 nitrogen and oxygen atoms in total. The van der Waals surface area contributed by atoms with Crippen LogP contribution in [-0.4, -0.2) is 39.6 Å². The second kappa shape index (κ2) is 5.04. The lowest BCUT2D eigenvalue weighted by Gasteiger charge is -2.48. The standard InChI is InChI=1S/C13H20N2O2/c1-16-13(17-2)9-15(10-13)12-5-3-11(4-6-12)7-8-14/h3-6H,7-10,14H2,1-2H3. The van der Waals surface area contributed by atoms with Crippen molar-refractivity contribution in [2.75, 3.05) is 38.8 Å². The summed E-state index contributed by atoms with van der Waals surface area (Å²) in [6.07, 6.45) is 0.931. The van der Waals surface area contributed by atoms with Gasteiger partial charge in [-0.25, -0.2) is 0 Å². The molecule has 1 heterocycles. The third-order valence-electron chi connectivity index (χ3n) is 3.34. The van der Waals surface area contributed by atoms with Crippen molar-refractivity contribution < 1.29 is 9.47 Å². The van der Waals surface area contributed by atoms with Crippen LogP contribution in [0.4, 0.5) is 5.69 Å². The predicted octanol–water partition coefficient (Wildman–Crippen LogP) is 0.997. The van der Waals surface area contributed by atoms with E-state index in [1.54, 1.807) is 14.2 Å². The molecule has 2 rings (SSSR count). The summed E-state index contributed by atoms with van der Waals surface area (Å²) in [7, 11) is 3.37. The first-order valence-electron chi connectivity index (χ1n) is 5.87. The maximum atomic E-state index is 5.52. The van der Waals surface area contributed by atoms with Crippen molar-refractivity contribution in [3.8, 4) is 0 Å². The maximum Gasteiger partial charge on any atom is 0.203 e. The van der Waals surface area contributed by atoms with E-state index in [1.807, 2.05) is 0 Å². The Morgan fingerprint density at radius 1 is 1.18 bits per heavy atom. The second-order valence-electron chi connectivity index (χ2n) is 4.38. The molecule has 0 amide bonds. The van der Waals surface area contributed by atoms with Gasteiger partial charge in [-0.05, 0) is 30.7 Å². The van der Waals surface area contributed by atoms with E-state index in [0.29, 0.717) is 6.54 Å². The third kappa shape index (κ3) is 2.44. The summed E-state index contributed by atoms with van der Waals surface area (Å²) < 4.78 is 10.7. The minimum atomic E-state index is -0.421. The number of hydrogen-bond acceptors (Lipinski definition) is 4. The summed E-state index contributed by atoms with van der Waals surface area (Å²) in [5, 5.41) is 0. The number of hydrogen-bond donors (Lipinski definition) is 1. The highest BCUT2D eigenvalue weighted by molar-refractivity contribution is 5.51. The number of benzene rings is 1. The van der Waals surface area contributed by atoms with Crippen LogP contribution in [0, 0.1) is 0 Å². The van der Waals surface area contributed by atoms with E-state index in [-0.39, 0.29) is 0 Å². The van der Waals surface area contributed by atoms with Gasteiger partial charge in [-0.15, -0.1) is 0 Å². The minimum absolute atomic E-state index is 0.421. The topological polar surface area (TPSA) is 47.7 Å². The highest BCUT2D eigenvalue weighted by Crippen LogP contribution is 2.30. The molecule has 1 aromatic carbocycles. The lowest BCUT2D eigenvalue weighted by Crippen LogP contribution is -2.64. The van der Waals surface area contributed by atoms with Crippen molar-refractivity contribution in [1.82, 2.24) is 0 Å². The van der Waals surface area contributed by atoms with Crippen LogP contribution in [0.3, 0.4) is 0 Å². The molecule has 1 aliphatic heterocycles. The zero-order valence-electron chi connectivity index (χ0n) is 10.5. The number of nitrogens with two attached hydrogens (primary N) is 1. The van der Waals surface area contributed by atoms with Gasteiger partial charge in [-0.1, -0.05) is 12.1 Å². The number of rotatable bonds is 5. The summed E-state index contributed by atoms with van der Waals surface area (Å²) in [5.41, 5.74) is 8.01. The van der Waals surface area contributed by atoms with Crippen molar-refractivity contribution >= 4 is 5.69 Å². The van der Waals surface area contributed by atoms with E-state index < -0.39 is 5.79 Å². The molecule has 0 radical (unpaired) electrons. The van der Waals surface area contributed by atoms with Crippen molar-refractivity contribution in [2.24, 2.45) is 5.73 Å². The van der Waals surface area contributed by atoms with Gasteiger partial charge in [-0.3, -0.25) is 0 Å². The monoisotopic (exact) mass is 236 g/mol. The fourth-order valence-electron chi connectivity index (χ4n) is 2.10. The van der Waals surface area contributed by atoms with Crippen LogP contribution >= 0.6 is 0 Å². The molecule has 17 heavy (non-hydrogen) atoms. The molecule has 0 aromatic heterocycles. The second-order valence-corrected chi connectivity index (χ2v) is 4.38. The van der Waals surface area contributed by atoms with E-state index in [0.717, 1.165) is 19.5 Å². The Balaban J connectivity index is 1.97. The first-order valence-corrected chi connectivity index (χ1v) is 5.87. The highest BCUT2D eigenvalue weighted by atomic mass is 16.7. The molecule has 94 valence electrons. The average molecular weight is 236 g/mol. The van der Waals surface area contributed by atoms with E-state index >= 15 is 0 Å². The van der Waals surface area contributed by atoms with E-state index in [9.17, 15) is 0 Å². The molecular formula is C13H20N2O2. The van der Waals surface area contributed by atoms with Crippen LogP contribution < -0.4 is 10.6 Å². The Morgan fingerprint density at radius 3 is 2.24 bits per heavy atom. The zero-order valence-corrected chi connectivity index (χ0v) is 10.5. The Morgan fingerprint density at radius 2 is 1.76 bits per heavy atom. The summed E-state index contributed by atoms with van der Waals surface area (Å²) >= 11 is 0. The van der Waals surface area contributed by atoms with Crippen molar-refractivity contribution in [1.29, 1.82) is 0 Å². The number of nitrogens with zero attached hydrogens (tertiary/aromatic N) is 1. The lowest BCUT2D eigenvalue weighted by atomic mass is 10.0. The fourth-order valence-corrected chi connectivity index (χ4v) is 2.10. The molecule has 1 aliphatic rings. The van der Waals surface area contributed by atoms with Gasteiger partial charge in [0.2, 0.25) is 5.79 Å². The van der Waals surface area contributed by atoms with Gasteiger partial charge in [0.05, 0.1) is 13.1 Å². The summed E-state index contributed by atoms with van der Waals surface area (Å²) in [6, 6.07) is 8.50. The third-order valence-corrected chi connectivity index (χ3v) is 3.34. The van der Waals surface area contributed by atoms with Crippen LogP contribution in [0.5, 0.6) is 0 Å². The van der Waals surface area contributed by atoms with Gasteiger partial charge in [0.15, 0.2) is 0 Å².